The zero-order chi connectivity index (χ0) is 14.2. The first-order valence-electron chi connectivity index (χ1n) is 8.09. The lowest BCUT2D eigenvalue weighted by Crippen LogP contribution is -2.44. The predicted octanol–water partition coefficient (Wildman–Crippen LogP) is 2.59. The summed E-state index contributed by atoms with van der Waals surface area (Å²) in [5, 5.41) is 3.72. The number of hydrogen-bond donors (Lipinski definition) is 1. The Labute approximate surface area is 124 Å². The third-order valence-electron chi connectivity index (χ3n) is 4.37. The molecule has 112 valence electrons. The Morgan fingerprint density at radius 3 is 2.35 bits per heavy atom. The SMILES string of the molecule is CCN(CC)CCNC1CCN(c2ccccc2)CC1. The first-order valence-corrected chi connectivity index (χ1v) is 8.09. The molecule has 1 saturated heterocycles. The minimum Gasteiger partial charge on any atom is -0.371 e. The molecule has 1 heterocycles. The molecule has 3 nitrogen and oxygen atoms in total. The number of benzene rings is 1. The van der Waals surface area contributed by atoms with Crippen molar-refractivity contribution in [2.24, 2.45) is 0 Å². The van der Waals surface area contributed by atoms with E-state index in [0.29, 0.717) is 6.04 Å². The van der Waals surface area contributed by atoms with Gasteiger partial charge in [0.05, 0.1) is 0 Å². The van der Waals surface area contributed by atoms with Crippen LogP contribution in [-0.2, 0) is 0 Å². The summed E-state index contributed by atoms with van der Waals surface area (Å²) in [4.78, 5) is 4.98. The van der Waals surface area contributed by atoms with Crippen molar-refractivity contribution in [3.63, 3.8) is 0 Å². The largest absolute Gasteiger partial charge is 0.371 e. The summed E-state index contributed by atoms with van der Waals surface area (Å²) in [5.41, 5.74) is 1.37. The van der Waals surface area contributed by atoms with E-state index in [2.05, 4.69) is 59.3 Å². The van der Waals surface area contributed by atoms with E-state index in [1.54, 1.807) is 0 Å². The number of anilines is 1. The Morgan fingerprint density at radius 1 is 1.10 bits per heavy atom. The normalized spacial score (nSPS) is 16.9. The maximum absolute atomic E-state index is 3.72. The maximum atomic E-state index is 3.72. The van der Waals surface area contributed by atoms with E-state index in [-0.39, 0.29) is 0 Å². The highest BCUT2D eigenvalue weighted by Crippen LogP contribution is 2.19. The molecule has 0 aromatic heterocycles. The Bertz CT molecular complexity index is 354. The third kappa shape index (κ3) is 4.50. The first kappa shape index (κ1) is 15.3. The topological polar surface area (TPSA) is 18.5 Å². The zero-order valence-corrected chi connectivity index (χ0v) is 13.0. The van der Waals surface area contributed by atoms with Crippen LogP contribution in [0.5, 0.6) is 0 Å². The van der Waals surface area contributed by atoms with Crippen LogP contribution in [0.4, 0.5) is 5.69 Å². The number of piperidine rings is 1. The van der Waals surface area contributed by atoms with Gasteiger partial charge >= 0.3 is 0 Å². The summed E-state index contributed by atoms with van der Waals surface area (Å²) in [7, 11) is 0. The van der Waals surface area contributed by atoms with Gasteiger partial charge in [-0.1, -0.05) is 32.0 Å². The van der Waals surface area contributed by atoms with Crippen molar-refractivity contribution < 1.29 is 0 Å². The van der Waals surface area contributed by atoms with Crippen molar-refractivity contribution in [1.82, 2.24) is 10.2 Å². The van der Waals surface area contributed by atoms with E-state index in [4.69, 9.17) is 0 Å². The van der Waals surface area contributed by atoms with Gasteiger partial charge in [0.25, 0.3) is 0 Å². The van der Waals surface area contributed by atoms with E-state index >= 15 is 0 Å². The lowest BCUT2D eigenvalue weighted by Gasteiger charge is -2.34. The molecule has 3 heteroatoms. The molecular weight excluding hydrogens is 246 g/mol. The molecule has 1 aromatic rings. The molecule has 0 aliphatic carbocycles. The molecule has 1 aliphatic heterocycles. The standard InChI is InChI=1S/C17H29N3/c1-3-19(4-2)15-12-18-16-10-13-20(14-11-16)17-8-6-5-7-9-17/h5-9,16,18H,3-4,10-15H2,1-2H3. The average molecular weight is 275 g/mol. The van der Waals surface area contributed by atoms with E-state index < -0.39 is 0 Å². The smallest absolute Gasteiger partial charge is 0.0366 e. The molecule has 1 aliphatic rings. The van der Waals surface area contributed by atoms with Crippen LogP contribution in [0.2, 0.25) is 0 Å². The zero-order valence-electron chi connectivity index (χ0n) is 13.0. The van der Waals surface area contributed by atoms with Crippen molar-refractivity contribution in [2.45, 2.75) is 32.7 Å². The third-order valence-corrected chi connectivity index (χ3v) is 4.37. The van der Waals surface area contributed by atoms with Gasteiger partial charge in [-0.3, -0.25) is 0 Å². The van der Waals surface area contributed by atoms with Crippen LogP contribution in [0.1, 0.15) is 26.7 Å². The van der Waals surface area contributed by atoms with Gasteiger partial charge in [0.2, 0.25) is 0 Å². The van der Waals surface area contributed by atoms with Gasteiger partial charge in [0, 0.05) is 37.9 Å². The second-order valence-electron chi connectivity index (χ2n) is 5.58. The van der Waals surface area contributed by atoms with Crippen LogP contribution in [0.3, 0.4) is 0 Å². The van der Waals surface area contributed by atoms with E-state index in [1.807, 2.05) is 0 Å². The first-order chi connectivity index (χ1) is 9.83. The van der Waals surface area contributed by atoms with Crippen LogP contribution >= 0.6 is 0 Å². The summed E-state index contributed by atoms with van der Waals surface area (Å²) in [5.74, 6) is 0. The van der Waals surface area contributed by atoms with E-state index in [0.717, 1.165) is 19.6 Å². The fourth-order valence-corrected chi connectivity index (χ4v) is 2.95. The fourth-order valence-electron chi connectivity index (χ4n) is 2.95. The van der Waals surface area contributed by atoms with Gasteiger partial charge in [0.1, 0.15) is 0 Å². The molecule has 0 unspecified atom stereocenters. The lowest BCUT2D eigenvalue weighted by atomic mass is 10.0. The number of nitrogens with zero attached hydrogens (tertiary/aromatic N) is 2. The van der Waals surface area contributed by atoms with E-state index in [1.165, 1.54) is 38.2 Å². The number of hydrogen-bond acceptors (Lipinski definition) is 3. The minimum absolute atomic E-state index is 0.700. The molecule has 1 N–H and O–H groups in total. The fraction of sp³-hybridized carbons (Fsp3) is 0.647. The van der Waals surface area contributed by atoms with Gasteiger partial charge in [-0.15, -0.1) is 0 Å². The number of nitrogens with one attached hydrogen (secondary N) is 1. The molecular formula is C17H29N3. The average Bonchev–Trinajstić information content (AvgIpc) is 2.53. The summed E-state index contributed by atoms with van der Waals surface area (Å²) < 4.78 is 0. The molecule has 0 saturated carbocycles. The van der Waals surface area contributed by atoms with Crippen LogP contribution in [0.15, 0.2) is 30.3 Å². The molecule has 0 radical (unpaired) electrons. The molecule has 0 bridgehead atoms. The van der Waals surface area contributed by atoms with E-state index in [9.17, 15) is 0 Å². The molecule has 1 fully saturated rings. The highest BCUT2D eigenvalue weighted by molar-refractivity contribution is 5.46. The lowest BCUT2D eigenvalue weighted by molar-refractivity contribution is 0.290. The van der Waals surface area contributed by atoms with Crippen LogP contribution in [0, 0.1) is 0 Å². The van der Waals surface area contributed by atoms with Gasteiger partial charge in [0.15, 0.2) is 0 Å². The highest BCUT2D eigenvalue weighted by Gasteiger charge is 2.18. The molecule has 1 aromatic carbocycles. The van der Waals surface area contributed by atoms with Gasteiger partial charge < -0.3 is 15.1 Å². The molecule has 2 rings (SSSR count). The summed E-state index contributed by atoms with van der Waals surface area (Å²) in [6.45, 7) is 11.4. The second kappa shape index (κ2) is 8.28. The molecule has 0 atom stereocenters. The maximum Gasteiger partial charge on any atom is 0.0366 e. The minimum atomic E-state index is 0.700. The van der Waals surface area contributed by atoms with Crippen molar-refractivity contribution in [3.05, 3.63) is 30.3 Å². The van der Waals surface area contributed by atoms with Crippen LogP contribution < -0.4 is 10.2 Å². The number of rotatable bonds is 7. The van der Waals surface area contributed by atoms with Gasteiger partial charge in [-0.05, 0) is 38.1 Å². The summed E-state index contributed by atoms with van der Waals surface area (Å²) in [6.07, 6.45) is 2.51. The predicted molar refractivity (Wildman–Crippen MR) is 87.5 cm³/mol. The Hall–Kier alpha value is -1.06. The van der Waals surface area contributed by atoms with Crippen molar-refractivity contribution >= 4 is 5.69 Å². The highest BCUT2D eigenvalue weighted by atomic mass is 15.2. The van der Waals surface area contributed by atoms with Crippen molar-refractivity contribution in [1.29, 1.82) is 0 Å². The Kier molecular flexibility index (Phi) is 6.34. The quantitative estimate of drug-likeness (QED) is 0.825. The Morgan fingerprint density at radius 2 is 1.75 bits per heavy atom. The number of likely N-dealkylation sites (N-methyl/N-ethyl adjacent to an activating group) is 1. The van der Waals surface area contributed by atoms with Crippen LogP contribution in [-0.4, -0.2) is 50.2 Å². The molecule has 0 spiro atoms. The summed E-state index contributed by atoms with van der Waals surface area (Å²) in [6, 6.07) is 11.5. The van der Waals surface area contributed by atoms with Gasteiger partial charge in [-0.2, -0.15) is 0 Å². The van der Waals surface area contributed by atoms with Gasteiger partial charge in [-0.25, -0.2) is 0 Å². The number of para-hydroxylation sites is 1. The molecule has 20 heavy (non-hydrogen) atoms. The molecule has 0 amide bonds. The summed E-state index contributed by atoms with van der Waals surface area (Å²) >= 11 is 0. The van der Waals surface area contributed by atoms with Crippen molar-refractivity contribution in [3.8, 4) is 0 Å². The Balaban J connectivity index is 1.67. The second-order valence-corrected chi connectivity index (χ2v) is 5.58. The monoisotopic (exact) mass is 275 g/mol. The van der Waals surface area contributed by atoms with Crippen molar-refractivity contribution in [2.75, 3.05) is 44.2 Å². The van der Waals surface area contributed by atoms with Crippen LogP contribution in [0.25, 0.3) is 0 Å².